The van der Waals surface area contributed by atoms with Crippen molar-refractivity contribution in [1.82, 2.24) is 5.32 Å². The van der Waals surface area contributed by atoms with Crippen molar-refractivity contribution in [2.24, 2.45) is 0 Å². The fourth-order valence-corrected chi connectivity index (χ4v) is 10.7. The molecule has 19 heteroatoms. The maximum absolute atomic E-state index is 13.3. The maximum atomic E-state index is 13.3. The number of nitrogens with one attached hydrogen (secondary N) is 1. The number of aliphatic hydroxyl groups is 11. The molecule has 3 aliphatic rings. The maximum Gasteiger partial charge on any atom is 0.220 e. The first-order valence-electron chi connectivity index (χ1n) is 32.4. The van der Waals surface area contributed by atoms with E-state index >= 15 is 0 Å². The lowest BCUT2D eigenvalue weighted by molar-refractivity contribution is -0.379. The molecule has 17 unspecified atom stereocenters. The number of aliphatic hydroxyl groups excluding tert-OH is 11. The third kappa shape index (κ3) is 30.0. The average molecular weight is 1190 g/mol. The van der Waals surface area contributed by atoms with Crippen LogP contribution in [-0.4, -0.2) is 193 Å². The standard InChI is InChI=1S/C64H115NO18/c1-3-5-7-9-11-13-15-17-18-19-20-21-22-23-24-25-26-27-28-30-32-34-36-38-40-42-52(70)65-47(48(69)41-39-37-35-33-31-29-16-14-12-10-8-6-4-2)46-78-62-58(76)55(73)60(50(44-67)80-62)83-64-59(77)56(74)61(51(45-68)81-64)82-63-57(75)54(72)53(71)49(43-66)79-63/h12,14,19-20,31,33,39,41,47-51,53-64,66-69,71-77H,3-11,13,15-18,21-30,32,34-38,40,42-46H2,1-2H3,(H,65,70)/b14-12+,20-19-,33-31+,41-39+. The number of hydrogen-bond acceptors (Lipinski definition) is 18. The van der Waals surface area contributed by atoms with Gasteiger partial charge in [-0.2, -0.15) is 0 Å². The van der Waals surface area contributed by atoms with Crippen molar-refractivity contribution in [3.63, 3.8) is 0 Å². The lowest BCUT2D eigenvalue weighted by Gasteiger charge is -2.48. The molecular weight excluding hydrogens is 1070 g/mol. The highest BCUT2D eigenvalue weighted by Gasteiger charge is 2.53. The van der Waals surface area contributed by atoms with E-state index < -0.39 is 124 Å². The van der Waals surface area contributed by atoms with Gasteiger partial charge in [-0.25, -0.2) is 0 Å². The minimum absolute atomic E-state index is 0.232. The summed E-state index contributed by atoms with van der Waals surface area (Å²) < 4.78 is 34.2. The van der Waals surface area contributed by atoms with Gasteiger partial charge in [0.05, 0.1) is 38.6 Å². The SMILES string of the molecule is CCCCC/C=C/CC/C=C/CC/C=C/C(O)C(COC1OC(CO)C(OC2OC(CO)C(OC3OC(CO)C(O)C(O)C3O)C(O)C2O)C(O)C1O)NC(=O)CCCCCCCCCCCCCCC/C=C\CCCCCCCCCC. The number of allylic oxidation sites excluding steroid dienone is 7. The normalized spacial score (nSPS) is 29.7. The highest BCUT2D eigenvalue weighted by atomic mass is 16.8. The quantitative estimate of drug-likeness (QED) is 0.0215. The smallest absolute Gasteiger partial charge is 0.220 e. The summed E-state index contributed by atoms with van der Waals surface area (Å²) in [6, 6.07) is -0.995. The number of carbonyl (C=O) groups excluding carboxylic acids is 1. The molecule has 0 aromatic carbocycles. The second-order valence-electron chi connectivity index (χ2n) is 23.2. The van der Waals surface area contributed by atoms with Crippen LogP contribution in [0.2, 0.25) is 0 Å². The Kier molecular flexibility index (Phi) is 42.3. The summed E-state index contributed by atoms with van der Waals surface area (Å²) in [5, 5.41) is 120. The van der Waals surface area contributed by atoms with E-state index in [2.05, 4.69) is 55.6 Å². The van der Waals surface area contributed by atoms with E-state index in [-0.39, 0.29) is 18.9 Å². The molecule has 19 nitrogen and oxygen atoms in total. The molecule has 3 saturated heterocycles. The molecule has 0 aromatic rings. The summed E-state index contributed by atoms with van der Waals surface area (Å²) in [5.74, 6) is -0.291. The molecule has 83 heavy (non-hydrogen) atoms. The summed E-state index contributed by atoms with van der Waals surface area (Å²) in [5.41, 5.74) is 0. The van der Waals surface area contributed by atoms with Crippen molar-refractivity contribution in [2.45, 2.75) is 324 Å². The fourth-order valence-electron chi connectivity index (χ4n) is 10.7. The van der Waals surface area contributed by atoms with E-state index in [9.17, 15) is 61.0 Å². The van der Waals surface area contributed by atoms with Crippen LogP contribution in [0.1, 0.15) is 219 Å². The monoisotopic (exact) mass is 1190 g/mol. The molecule has 1 amide bonds. The van der Waals surface area contributed by atoms with E-state index in [0.29, 0.717) is 12.8 Å². The van der Waals surface area contributed by atoms with Gasteiger partial charge in [0.15, 0.2) is 18.9 Å². The van der Waals surface area contributed by atoms with E-state index in [1.54, 1.807) is 6.08 Å². The molecule has 0 radical (unpaired) electrons. The van der Waals surface area contributed by atoms with Gasteiger partial charge in [0.2, 0.25) is 5.91 Å². The van der Waals surface area contributed by atoms with Gasteiger partial charge in [-0.05, 0) is 70.6 Å². The van der Waals surface area contributed by atoms with E-state index in [4.69, 9.17) is 28.4 Å². The van der Waals surface area contributed by atoms with Gasteiger partial charge in [-0.15, -0.1) is 0 Å². The van der Waals surface area contributed by atoms with Crippen LogP contribution in [0.4, 0.5) is 0 Å². The van der Waals surface area contributed by atoms with Crippen LogP contribution < -0.4 is 5.32 Å². The molecular formula is C64H115NO18. The van der Waals surface area contributed by atoms with Crippen molar-refractivity contribution < 1.29 is 89.4 Å². The zero-order valence-corrected chi connectivity index (χ0v) is 50.7. The Morgan fingerprint density at radius 2 is 0.771 bits per heavy atom. The number of hydrogen-bond donors (Lipinski definition) is 12. The van der Waals surface area contributed by atoms with Gasteiger partial charge in [-0.3, -0.25) is 4.79 Å². The molecule has 3 rings (SSSR count). The second-order valence-corrected chi connectivity index (χ2v) is 23.2. The predicted molar refractivity (Wildman–Crippen MR) is 319 cm³/mol. The molecule has 0 spiro atoms. The lowest BCUT2D eigenvalue weighted by atomic mass is 9.96. The van der Waals surface area contributed by atoms with Crippen LogP contribution in [0.15, 0.2) is 48.6 Å². The summed E-state index contributed by atoms with van der Waals surface area (Å²) in [6.45, 7) is 1.66. The van der Waals surface area contributed by atoms with E-state index in [1.807, 2.05) is 6.08 Å². The van der Waals surface area contributed by atoms with Gasteiger partial charge in [0, 0.05) is 6.42 Å². The topological polar surface area (TPSA) is 307 Å². The molecule has 3 fully saturated rings. The first-order chi connectivity index (χ1) is 40.3. The fraction of sp³-hybridized carbons (Fsp3) is 0.859. The molecule has 12 N–H and O–H groups in total. The van der Waals surface area contributed by atoms with Gasteiger partial charge >= 0.3 is 0 Å². The first-order valence-corrected chi connectivity index (χ1v) is 32.4. The van der Waals surface area contributed by atoms with Crippen molar-refractivity contribution in [3.05, 3.63) is 48.6 Å². The number of carbonyl (C=O) groups is 1. The lowest BCUT2D eigenvalue weighted by Crippen LogP contribution is -2.66. The van der Waals surface area contributed by atoms with Crippen molar-refractivity contribution in [1.29, 1.82) is 0 Å². The predicted octanol–water partition coefficient (Wildman–Crippen LogP) is 7.04. The molecule has 0 aromatic heterocycles. The average Bonchev–Trinajstić information content (AvgIpc) is 3.31. The highest BCUT2D eigenvalue weighted by molar-refractivity contribution is 5.76. The van der Waals surface area contributed by atoms with Crippen molar-refractivity contribution >= 4 is 5.91 Å². The van der Waals surface area contributed by atoms with Gasteiger partial charge < -0.3 is 89.9 Å². The van der Waals surface area contributed by atoms with E-state index in [1.165, 1.54) is 141 Å². The molecule has 0 bridgehead atoms. The van der Waals surface area contributed by atoms with Crippen LogP contribution in [0.5, 0.6) is 0 Å². The number of rotatable bonds is 48. The molecule has 484 valence electrons. The highest BCUT2D eigenvalue weighted by Crippen LogP contribution is 2.33. The van der Waals surface area contributed by atoms with Crippen molar-refractivity contribution in [2.75, 3.05) is 26.4 Å². The Bertz CT molecular complexity index is 1700. The van der Waals surface area contributed by atoms with Crippen LogP contribution in [0, 0.1) is 0 Å². The Hall–Kier alpha value is -2.25. The summed E-state index contributed by atoms with van der Waals surface area (Å²) in [4.78, 5) is 13.3. The van der Waals surface area contributed by atoms with Crippen LogP contribution in [-0.2, 0) is 33.2 Å². The van der Waals surface area contributed by atoms with E-state index in [0.717, 1.165) is 44.9 Å². The summed E-state index contributed by atoms with van der Waals surface area (Å²) >= 11 is 0. The first kappa shape index (κ1) is 75.0. The van der Waals surface area contributed by atoms with Gasteiger partial charge in [0.1, 0.15) is 73.2 Å². The largest absolute Gasteiger partial charge is 0.394 e. The zero-order valence-electron chi connectivity index (χ0n) is 50.7. The van der Waals surface area contributed by atoms with Crippen LogP contribution >= 0.6 is 0 Å². The summed E-state index contributed by atoms with van der Waals surface area (Å²) in [6.07, 6.45) is 26.8. The third-order valence-electron chi connectivity index (χ3n) is 16.1. The van der Waals surface area contributed by atoms with Crippen LogP contribution in [0.25, 0.3) is 0 Å². The number of unbranched alkanes of at least 4 members (excludes halogenated alkanes) is 26. The Morgan fingerprint density at radius 3 is 1.23 bits per heavy atom. The summed E-state index contributed by atoms with van der Waals surface area (Å²) in [7, 11) is 0. The number of amides is 1. The Labute approximate surface area is 497 Å². The Balaban J connectivity index is 1.44. The minimum atomic E-state index is -1.98. The Morgan fingerprint density at radius 1 is 0.422 bits per heavy atom. The molecule has 3 heterocycles. The molecule has 3 aliphatic heterocycles. The molecule has 0 saturated carbocycles. The van der Waals surface area contributed by atoms with Gasteiger partial charge in [-0.1, -0.05) is 191 Å². The third-order valence-corrected chi connectivity index (χ3v) is 16.1. The molecule has 0 aliphatic carbocycles. The molecule has 17 atom stereocenters. The zero-order chi connectivity index (χ0) is 60.5. The second kappa shape index (κ2) is 46.8. The van der Waals surface area contributed by atoms with Crippen molar-refractivity contribution in [3.8, 4) is 0 Å². The number of ether oxygens (including phenoxy) is 6. The minimum Gasteiger partial charge on any atom is -0.394 e. The van der Waals surface area contributed by atoms with Gasteiger partial charge in [0.25, 0.3) is 0 Å². The van der Waals surface area contributed by atoms with Crippen LogP contribution in [0.3, 0.4) is 0 Å².